The second-order valence-corrected chi connectivity index (χ2v) is 14.4. The summed E-state index contributed by atoms with van der Waals surface area (Å²) in [5.74, 6) is 0.605. The molecule has 5 fully saturated rings. The Kier molecular flexibility index (Phi) is 5.68. The monoisotopic (exact) mass is 523 g/mol. The highest BCUT2D eigenvalue weighted by Gasteiger charge is 2.60. The van der Waals surface area contributed by atoms with Crippen LogP contribution in [0.15, 0.2) is 30.3 Å². The highest BCUT2D eigenvalue weighted by Crippen LogP contribution is 2.64. The molecule has 0 unspecified atom stereocenters. The average Bonchev–Trinajstić information content (AvgIpc) is 3.08. The molecule has 8 heteroatoms. The molecule has 1 aliphatic heterocycles. The van der Waals surface area contributed by atoms with Crippen molar-refractivity contribution < 1.29 is 22.7 Å². The van der Waals surface area contributed by atoms with Gasteiger partial charge in [-0.25, -0.2) is 8.42 Å². The highest BCUT2D eigenvalue weighted by atomic mass is 79.9. The van der Waals surface area contributed by atoms with Crippen molar-refractivity contribution in [3.05, 3.63) is 35.9 Å². The first-order valence-corrected chi connectivity index (χ1v) is 14.2. The minimum Gasteiger partial charge on any atom is -0.455 e. The van der Waals surface area contributed by atoms with Crippen LogP contribution in [0.25, 0.3) is 0 Å². The third kappa shape index (κ3) is 4.37. The van der Waals surface area contributed by atoms with Crippen LogP contribution in [0.3, 0.4) is 0 Å². The molecular formula is C24H30BrNO5S. The van der Waals surface area contributed by atoms with Gasteiger partial charge in [0.2, 0.25) is 0 Å². The molecule has 5 aliphatic rings. The van der Waals surface area contributed by atoms with Gasteiger partial charge >= 0.3 is 5.97 Å². The number of alkyl halides is 1. The lowest BCUT2D eigenvalue weighted by Crippen LogP contribution is -2.56. The molecule has 6 nitrogen and oxygen atoms in total. The van der Waals surface area contributed by atoms with E-state index < -0.39 is 15.3 Å². The van der Waals surface area contributed by atoms with E-state index in [2.05, 4.69) is 15.9 Å². The molecule has 0 radical (unpaired) electrons. The van der Waals surface area contributed by atoms with Crippen LogP contribution in [0, 0.1) is 17.3 Å². The van der Waals surface area contributed by atoms with Crippen molar-refractivity contribution in [2.75, 3.05) is 18.1 Å². The lowest BCUT2D eigenvalue weighted by Gasteiger charge is -2.58. The molecule has 174 valence electrons. The van der Waals surface area contributed by atoms with Crippen molar-refractivity contribution in [1.82, 2.24) is 4.90 Å². The van der Waals surface area contributed by atoms with E-state index in [1.165, 1.54) is 6.42 Å². The number of hydrogen-bond acceptors (Lipinski definition) is 5. The number of esters is 1. The smallest absolute Gasteiger partial charge is 0.312 e. The predicted octanol–water partition coefficient (Wildman–Crippen LogP) is 3.48. The number of sulfone groups is 1. The van der Waals surface area contributed by atoms with Gasteiger partial charge in [0.25, 0.3) is 5.91 Å². The van der Waals surface area contributed by atoms with Crippen LogP contribution < -0.4 is 0 Å². The van der Waals surface area contributed by atoms with Gasteiger partial charge < -0.3 is 9.64 Å². The van der Waals surface area contributed by atoms with Gasteiger partial charge in [-0.1, -0.05) is 46.3 Å². The number of carbonyl (C=O) groups is 2. The molecular weight excluding hydrogens is 494 g/mol. The lowest BCUT2D eigenvalue weighted by molar-refractivity contribution is -0.173. The molecule has 1 amide bonds. The van der Waals surface area contributed by atoms with Gasteiger partial charge in [-0.2, -0.15) is 0 Å². The molecule has 0 N–H and O–H groups in total. The highest BCUT2D eigenvalue weighted by molar-refractivity contribution is 9.10. The zero-order valence-electron chi connectivity index (χ0n) is 18.2. The molecule has 1 aromatic carbocycles. The van der Waals surface area contributed by atoms with Crippen LogP contribution >= 0.6 is 15.9 Å². The first-order valence-electron chi connectivity index (χ1n) is 11.6. The Hall–Kier alpha value is -1.41. The molecule has 3 atom stereocenters. The Bertz CT molecular complexity index is 996. The van der Waals surface area contributed by atoms with E-state index in [0.29, 0.717) is 24.8 Å². The first-order chi connectivity index (χ1) is 15.2. The molecule has 32 heavy (non-hydrogen) atoms. The van der Waals surface area contributed by atoms with Crippen molar-refractivity contribution in [1.29, 1.82) is 0 Å². The zero-order chi connectivity index (χ0) is 22.6. The summed E-state index contributed by atoms with van der Waals surface area (Å²) in [5, 5.41) is 0. The largest absolute Gasteiger partial charge is 0.455 e. The van der Waals surface area contributed by atoms with Crippen molar-refractivity contribution in [2.24, 2.45) is 17.3 Å². The van der Waals surface area contributed by atoms with Crippen LogP contribution in [0.5, 0.6) is 0 Å². The van der Waals surface area contributed by atoms with Gasteiger partial charge in [-0.3, -0.25) is 9.59 Å². The quantitative estimate of drug-likeness (QED) is 0.421. The van der Waals surface area contributed by atoms with Crippen molar-refractivity contribution in [3.63, 3.8) is 0 Å². The second-order valence-electron chi connectivity index (χ2n) is 10.5. The normalized spacial score (nSPS) is 36.7. The van der Waals surface area contributed by atoms with Crippen molar-refractivity contribution >= 4 is 37.6 Å². The predicted molar refractivity (Wildman–Crippen MR) is 124 cm³/mol. The fourth-order valence-electron chi connectivity index (χ4n) is 6.98. The molecule has 4 aliphatic carbocycles. The standard InChI is InChI=1S/C24H30BrNO5S/c25-24-11-18-8-19(12-24)10-23(9-18,16-24)22(28)31-14-21(27)26(13-17-4-2-1-3-5-17)20-6-7-32(29,30)15-20/h1-5,18-20H,6-16H2/t18-,19-,20-,23?,24?/m1/s1. The fourth-order valence-corrected chi connectivity index (χ4v) is 10.2. The van der Waals surface area contributed by atoms with Crippen LogP contribution in [0.2, 0.25) is 0 Å². The maximum Gasteiger partial charge on any atom is 0.312 e. The Morgan fingerprint density at radius 1 is 1.09 bits per heavy atom. The summed E-state index contributed by atoms with van der Waals surface area (Å²) < 4.78 is 29.8. The Morgan fingerprint density at radius 2 is 1.78 bits per heavy atom. The van der Waals surface area contributed by atoms with Crippen molar-refractivity contribution in [3.8, 4) is 0 Å². The van der Waals surface area contributed by atoms with E-state index in [-0.39, 0.29) is 40.4 Å². The number of ether oxygens (including phenoxy) is 1. The topological polar surface area (TPSA) is 80.8 Å². The molecule has 0 spiro atoms. The second kappa shape index (κ2) is 8.12. The van der Waals surface area contributed by atoms with E-state index >= 15 is 0 Å². The number of benzene rings is 1. The minimum atomic E-state index is -3.14. The van der Waals surface area contributed by atoms with E-state index in [4.69, 9.17) is 4.74 Å². The van der Waals surface area contributed by atoms with Gasteiger partial charge in [0, 0.05) is 16.9 Å². The SMILES string of the molecule is O=C(COC(=O)C12C[C@H]3C[C@@H](CC(Br)(C3)C1)C2)N(Cc1ccccc1)[C@@H]1CCS(=O)(=O)C1. The average molecular weight is 524 g/mol. The molecule has 4 bridgehead atoms. The number of hydrogen-bond donors (Lipinski definition) is 0. The molecule has 1 saturated heterocycles. The maximum atomic E-state index is 13.2. The fraction of sp³-hybridized carbons (Fsp3) is 0.667. The lowest BCUT2D eigenvalue weighted by atomic mass is 9.49. The zero-order valence-corrected chi connectivity index (χ0v) is 20.6. The summed E-state index contributed by atoms with van der Waals surface area (Å²) in [4.78, 5) is 28.0. The minimum absolute atomic E-state index is 0.0288. The third-order valence-corrected chi connectivity index (χ3v) is 10.6. The maximum absolute atomic E-state index is 13.2. The summed E-state index contributed by atoms with van der Waals surface area (Å²) >= 11 is 3.92. The van der Waals surface area contributed by atoms with Gasteiger partial charge in [0.05, 0.1) is 16.9 Å². The molecule has 1 aromatic rings. The van der Waals surface area contributed by atoms with Gasteiger partial charge in [-0.15, -0.1) is 0 Å². The Morgan fingerprint density at radius 3 is 2.38 bits per heavy atom. The third-order valence-electron chi connectivity index (χ3n) is 7.91. The molecule has 0 aromatic heterocycles. The van der Waals surface area contributed by atoms with Crippen LogP contribution in [-0.2, 0) is 30.7 Å². The van der Waals surface area contributed by atoms with Gasteiger partial charge in [0.1, 0.15) is 0 Å². The van der Waals surface area contributed by atoms with Gasteiger partial charge in [0.15, 0.2) is 16.4 Å². The number of halogens is 1. The number of rotatable bonds is 6. The van der Waals surface area contributed by atoms with E-state index in [1.807, 2.05) is 30.3 Å². The number of nitrogens with zero attached hydrogens (tertiary/aromatic N) is 1. The summed E-state index contributed by atoms with van der Waals surface area (Å²) in [6.45, 7) is -0.00814. The first kappa shape index (κ1) is 22.4. The van der Waals surface area contributed by atoms with Crippen molar-refractivity contribution in [2.45, 2.75) is 61.9 Å². The Balaban J connectivity index is 1.28. The van der Waals surface area contributed by atoms with E-state index in [1.54, 1.807) is 4.90 Å². The molecule has 1 heterocycles. The Labute approximate surface area is 198 Å². The number of carbonyl (C=O) groups excluding carboxylic acids is 2. The summed E-state index contributed by atoms with van der Waals surface area (Å²) in [6, 6.07) is 9.15. The van der Waals surface area contributed by atoms with Crippen LogP contribution in [0.1, 0.15) is 50.5 Å². The van der Waals surface area contributed by atoms with Crippen LogP contribution in [-0.4, -0.2) is 53.7 Å². The molecule has 6 rings (SSSR count). The van der Waals surface area contributed by atoms with E-state index in [9.17, 15) is 18.0 Å². The summed E-state index contributed by atoms with van der Waals surface area (Å²) in [7, 11) is -3.14. The van der Waals surface area contributed by atoms with Gasteiger partial charge in [-0.05, 0) is 62.3 Å². The van der Waals surface area contributed by atoms with Crippen LogP contribution in [0.4, 0.5) is 0 Å². The summed E-state index contributed by atoms with van der Waals surface area (Å²) in [5.41, 5.74) is 0.452. The molecule has 4 saturated carbocycles. The summed E-state index contributed by atoms with van der Waals surface area (Å²) in [6.07, 6.45) is 6.37. The number of amides is 1. The van der Waals surface area contributed by atoms with E-state index in [0.717, 1.165) is 37.7 Å².